The Morgan fingerprint density at radius 1 is 1.47 bits per heavy atom. The Morgan fingerprint density at radius 2 is 2.12 bits per heavy atom. The molecule has 1 aromatic carbocycles. The van der Waals surface area contributed by atoms with Crippen molar-refractivity contribution in [3.8, 4) is 0 Å². The summed E-state index contributed by atoms with van der Waals surface area (Å²) in [4.78, 5) is 11.4. The van der Waals surface area contributed by atoms with Gasteiger partial charge in [0.15, 0.2) is 0 Å². The lowest BCUT2D eigenvalue weighted by molar-refractivity contribution is -0.115. The Hall–Kier alpha value is -1.30. The van der Waals surface area contributed by atoms with E-state index >= 15 is 0 Å². The lowest BCUT2D eigenvalue weighted by Crippen LogP contribution is -2.24. The number of carbonyl (C=O) groups is 1. The summed E-state index contributed by atoms with van der Waals surface area (Å²) < 4.78 is 24.8. The normalized spacial score (nSPS) is 12.5. The molecule has 0 saturated carbocycles. The molecule has 17 heavy (non-hydrogen) atoms. The zero-order valence-electron chi connectivity index (χ0n) is 9.32. The number of carbonyl (C=O) groups excluding carboxylic acids is 1. The van der Waals surface area contributed by atoms with Crippen LogP contribution in [-0.4, -0.2) is 24.1 Å². The van der Waals surface area contributed by atoms with Crippen molar-refractivity contribution >= 4 is 23.4 Å². The van der Waals surface area contributed by atoms with Crippen LogP contribution in [0.1, 0.15) is 6.92 Å². The summed E-state index contributed by atoms with van der Waals surface area (Å²) in [7, 11) is 0. The Bertz CT molecular complexity index is 387. The predicted molar refractivity (Wildman–Crippen MR) is 65.4 cm³/mol. The van der Waals surface area contributed by atoms with Crippen LogP contribution in [0.15, 0.2) is 29.2 Å². The van der Waals surface area contributed by atoms with Gasteiger partial charge >= 0.3 is 0 Å². The molecule has 0 saturated heterocycles. The van der Waals surface area contributed by atoms with Gasteiger partial charge in [-0.2, -0.15) is 0 Å². The molecule has 0 fully saturated rings. The van der Waals surface area contributed by atoms with E-state index in [9.17, 15) is 13.6 Å². The van der Waals surface area contributed by atoms with E-state index < -0.39 is 18.4 Å². The van der Waals surface area contributed by atoms with E-state index in [4.69, 9.17) is 5.73 Å². The number of halogens is 2. The quantitative estimate of drug-likeness (QED) is 0.772. The Balaban J connectivity index is 2.73. The van der Waals surface area contributed by atoms with Gasteiger partial charge < -0.3 is 11.1 Å². The van der Waals surface area contributed by atoms with Gasteiger partial charge in [0.1, 0.15) is 0 Å². The summed E-state index contributed by atoms with van der Waals surface area (Å²) in [6.07, 6.45) is -2.44. The Labute approximate surface area is 103 Å². The van der Waals surface area contributed by atoms with Gasteiger partial charge in [0.25, 0.3) is 6.43 Å². The highest BCUT2D eigenvalue weighted by molar-refractivity contribution is 8.00. The molecule has 1 unspecified atom stereocenters. The largest absolute Gasteiger partial charge is 0.376 e. The van der Waals surface area contributed by atoms with Crippen LogP contribution in [0.5, 0.6) is 0 Å². The number of para-hydroxylation sites is 1. The van der Waals surface area contributed by atoms with E-state index in [0.717, 1.165) is 4.90 Å². The number of amides is 1. The smallest absolute Gasteiger partial charge is 0.258 e. The third-order valence-electron chi connectivity index (χ3n) is 2.02. The van der Waals surface area contributed by atoms with Crippen LogP contribution in [0.2, 0.25) is 0 Å². The summed E-state index contributed by atoms with van der Waals surface area (Å²) >= 11 is 1.23. The summed E-state index contributed by atoms with van der Waals surface area (Å²) in [5.41, 5.74) is 5.63. The molecule has 6 heteroatoms. The highest BCUT2D eigenvalue weighted by atomic mass is 32.2. The lowest BCUT2D eigenvalue weighted by Gasteiger charge is -2.16. The average Bonchev–Trinajstić information content (AvgIpc) is 2.27. The second-order valence-corrected chi connectivity index (χ2v) is 4.54. The molecule has 94 valence electrons. The van der Waals surface area contributed by atoms with Gasteiger partial charge in [0.05, 0.1) is 11.8 Å². The van der Waals surface area contributed by atoms with Crippen molar-refractivity contribution in [2.24, 2.45) is 5.73 Å². The van der Waals surface area contributed by atoms with E-state index in [2.05, 4.69) is 5.32 Å². The molecule has 0 aliphatic heterocycles. The molecular formula is C11H14F2N2OS. The zero-order chi connectivity index (χ0) is 12.8. The van der Waals surface area contributed by atoms with Gasteiger partial charge in [-0.25, -0.2) is 8.78 Å². The van der Waals surface area contributed by atoms with Crippen LogP contribution in [0, 0.1) is 0 Å². The highest BCUT2D eigenvalue weighted by Gasteiger charge is 2.15. The Morgan fingerprint density at radius 3 is 2.71 bits per heavy atom. The maximum absolute atomic E-state index is 12.4. The fourth-order valence-electron chi connectivity index (χ4n) is 1.17. The summed E-state index contributed by atoms with van der Waals surface area (Å²) in [6, 6.07) is 6.04. The molecule has 0 aromatic heterocycles. The van der Waals surface area contributed by atoms with E-state index in [1.54, 1.807) is 24.3 Å². The SMILES string of the molecule is CC(Nc1ccccc1SCC(N)=O)C(F)F. The van der Waals surface area contributed by atoms with Crippen LogP contribution >= 0.6 is 11.8 Å². The molecule has 1 amide bonds. The highest BCUT2D eigenvalue weighted by Crippen LogP contribution is 2.27. The summed E-state index contributed by atoms with van der Waals surface area (Å²) in [5, 5.41) is 2.71. The number of alkyl halides is 2. The molecule has 1 aromatic rings. The fourth-order valence-corrected chi connectivity index (χ4v) is 1.92. The summed E-state index contributed by atoms with van der Waals surface area (Å²) in [5.74, 6) is -0.311. The monoisotopic (exact) mass is 260 g/mol. The molecule has 0 radical (unpaired) electrons. The van der Waals surface area contributed by atoms with E-state index in [-0.39, 0.29) is 5.75 Å². The molecule has 1 rings (SSSR count). The number of nitrogens with two attached hydrogens (primary N) is 1. The molecule has 3 nitrogen and oxygen atoms in total. The number of rotatable bonds is 6. The molecule has 1 atom stereocenters. The second-order valence-electron chi connectivity index (χ2n) is 3.52. The number of anilines is 1. The van der Waals surface area contributed by atoms with Crippen molar-refractivity contribution in [3.63, 3.8) is 0 Å². The van der Waals surface area contributed by atoms with Gasteiger partial charge in [0.2, 0.25) is 5.91 Å². The predicted octanol–water partition coefficient (Wildman–Crippen LogP) is 2.33. The topological polar surface area (TPSA) is 55.1 Å². The number of thioether (sulfide) groups is 1. The first-order valence-electron chi connectivity index (χ1n) is 5.05. The van der Waals surface area contributed by atoms with Crippen molar-refractivity contribution < 1.29 is 13.6 Å². The van der Waals surface area contributed by atoms with E-state index in [1.807, 2.05) is 0 Å². The van der Waals surface area contributed by atoms with Crippen LogP contribution in [0.25, 0.3) is 0 Å². The number of nitrogens with one attached hydrogen (secondary N) is 1. The maximum Gasteiger partial charge on any atom is 0.258 e. The molecule has 0 spiro atoms. The second kappa shape index (κ2) is 6.44. The number of benzene rings is 1. The third kappa shape index (κ3) is 4.60. The van der Waals surface area contributed by atoms with Crippen molar-refractivity contribution in [1.29, 1.82) is 0 Å². The van der Waals surface area contributed by atoms with Crippen molar-refractivity contribution in [2.45, 2.75) is 24.3 Å². The first kappa shape index (κ1) is 13.8. The van der Waals surface area contributed by atoms with Gasteiger partial charge in [-0.3, -0.25) is 4.79 Å². The first-order chi connectivity index (χ1) is 8.00. The molecule has 0 heterocycles. The van der Waals surface area contributed by atoms with E-state index in [0.29, 0.717) is 5.69 Å². The molecular weight excluding hydrogens is 246 g/mol. The minimum absolute atomic E-state index is 0.127. The molecule has 3 N–H and O–H groups in total. The third-order valence-corrected chi connectivity index (χ3v) is 3.11. The molecule has 0 aliphatic rings. The van der Waals surface area contributed by atoms with Gasteiger partial charge in [-0.05, 0) is 19.1 Å². The van der Waals surface area contributed by atoms with Crippen molar-refractivity contribution in [1.82, 2.24) is 0 Å². The van der Waals surface area contributed by atoms with Crippen LogP contribution < -0.4 is 11.1 Å². The van der Waals surface area contributed by atoms with Crippen LogP contribution in [0.3, 0.4) is 0 Å². The van der Waals surface area contributed by atoms with E-state index in [1.165, 1.54) is 18.7 Å². The van der Waals surface area contributed by atoms with Crippen molar-refractivity contribution in [3.05, 3.63) is 24.3 Å². The molecule has 0 bridgehead atoms. The van der Waals surface area contributed by atoms with Crippen LogP contribution in [0.4, 0.5) is 14.5 Å². The minimum atomic E-state index is -2.44. The molecule has 0 aliphatic carbocycles. The van der Waals surface area contributed by atoms with Gasteiger partial charge in [-0.1, -0.05) is 12.1 Å². The van der Waals surface area contributed by atoms with Crippen LogP contribution in [-0.2, 0) is 4.79 Å². The number of primary amides is 1. The number of hydrogen-bond donors (Lipinski definition) is 2. The fraction of sp³-hybridized carbons (Fsp3) is 0.364. The average molecular weight is 260 g/mol. The van der Waals surface area contributed by atoms with Gasteiger partial charge in [-0.15, -0.1) is 11.8 Å². The Kier molecular flexibility index (Phi) is 5.21. The lowest BCUT2D eigenvalue weighted by atomic mass is 10.2. The minimum Gasteiger partial charge on any atom is -0.376 e. The number of hydrogen-bond acceptors (Lipinski definition) is 3. The summed E-state index contributed by atoms with van der Waals surface area (Å²) in [6.45, 7) is 1.40. The van der Waals surface area contributed by atoms with Crippen molar-refractivity contribution in [2.75, 3.05) is 11.1 Å². The van der Waals surface area contributed by atoms with Gasteiger partial charge in [0, 0.05) is 10.6 Å². The standard InChI is InChI=1S/C11H14F2N2OS/c1-7(11(12)13)15-8-4-2-3-5-9(8)17-6-10(14)16/h2-5,7,11,15H,6H2,1H3,(H2,14,16). The zero-order valence-corrected chi connectivity index (χ0v) is 10.1. The first-order valence-corrected chi connectivity index (χ1v) is 6.04. The maximum atomic E-state index is 12.4.